The zero-order valence-corrected chi connectivity index (χ0v) is 16.6. The largest absolute Gasteiger partial charge is 0.376 e. The van der Waals surface area contributed by atoms with Crippen molar-refractivity contribution >= 4 is 5.91 Å². The third-order valence-electron chi connectivity index (χ3n) is 4.95. The molecule has 1 amide bonds. The quantitative estimate of drug-likeness (QED) is 0.717. The zero-order chi connectivity index (χ0) is 19.2. The van der Waals surface area contributed by atoms with Gasteiger partial charge in [0.15, 0.2) is 0 Å². The molecule has 1 atom stereocenters. The van der Waals surface area contributed by atoms with Crippen LogP contribution in [0.25, 0.3) is 11.1 Å². The molecular formula is C21H30N4O2. The number of aryl methyl sites for hydroxylation is 1. The monoisotopic (exact) mass is 370 g/mol. The van der Waals surface area contributed by atoms with Crippen molar-refractivity contribution in [1.82, 2.24) is 19.6 Å². The number of hydrogen-bond acceptors (Lipinski definition) is 4. The van der Waals surface area contributed by atoms with E-state index < -0.39 is 0 Å². The van der Waals surface area contributed by atoms with Crippen molar-refractivity contribution in [3.63, 3.8) is 0 Å². The molecule has 3 rings (SSSR count). The third kappa shape index (κ3) is 5.17. The van der Waals surface area contributed by atoms with Crippen molar-refractivity contribution < 1.29 is 9.53 Å². The van der Waals surface area contributed by atoms with E-state index in [2.05, 4.69) is 16.9 Å². The first kappa shape index (κ1) is 19.6. The van der Waals surface area contributed by atoms with Gasteiger partial charge in [-0.05, 0) is 51.6 Å². The van der Waals surface area contributed by atoms with Crippen molar-refractivity contribution in [3.05, 3.63) is 42.2 Å². The van der Waals surface area contributed by atoms with Gasteiger partial charge in [0.05, 0.1) is 12.3 Å². The fourth-order valence-electron chi connectivity index (χ4n) is 3.33. The highest BCUT2D eigenvalue weighted by Gasteiger charge is 2.23. The van der Waals surface area contributed by atoms with Gasteiger partial charge >= 0.3 is 0 Å². The summed E-state index contributed by atoms with van der Waals surface area (Å²) in [6, 6.07) is 7.84. The lowest BCUT2D eigenvalue weighted by Gasteiger charge is -2.27. The highest BCUT2D eigenvalue weighted by Crippen LogP contribution is 2.21. The first-order valence-corrected chi connectivity index (χ1v) is 9.75. The lowest BCUT2D eigenvalue weighted by Crippen LogP contribution is -2.41. The molecule has 2 heterocycles. The summed E-state index contributed by atoms with van der Waals surface area (Å²) in [5.41, 5.74) is 2.77. The summed E-state index contributed by atoms with van der Waals surface area (Å²) >= 11 is 0. The molecule has 1 aliphatic heterocycles. The first-order valence-electron chi connectivity index (χ1n) is 9.75. The van der Waals surface area contributed by atoms with Crippen LogP contribution in [0.3, 0.4) is 0 Å². The van der Waals surface area contributed by atoms with Crippen molar-refractivity contribution in [2.75, 3.05) is 40.3 Å². The topological polar surface area (TPSA) is 50.6 Å². The minimum Gasteiger partial charge on any atom is -0.376 e. The van der Waals surface area contributed by atoms with Crippen molar-refractivity contribution in [2.45, 2.75) is 32.4 Å². The fraction of sp³-hybridized carbons (Fsp3) is 0.524. The highest BCUT2D eigenvalue weighted by molar-refractivity contribution is 5.95. The van der Waals surface area contributed by atoms with Crippen molar-refractivity contribution in [3.8, 4) is 11.1 Å². The standard InChI is InChI=1S/C21H30N4O2/c1-4-25-15-19(14-22-25)17-7-5-8-18(13-17)21(26)24(11-10-23(2)3)16-20-9-6-12-27-20/h5,7-8,13-15,20H,4,6,9-12,16H2,1-3H3. The first-order chi connectivity index (χ1) is 13.1. The Balaban J connectivity index is 1.78. The Hall–Kier alpha value is -2.18. The summed E-state index contributed by atoms with van der Waals surface area (Å²) in [6.45, 7) is 5.88. The van der Waals surface area contributed by atoms with E-state index in [1.54, 1.807) is 0 Å². The Morgan fingerprint density at radius 2 is 2.15 bits per heavy atom. The Morgan fingerprint density at radius 1 is 1.30 bits per heavy atom. The normalized spacial score (nSPS) is 16.8. The highest BCUT2D eigenvalue weighted by atomic mass is 16.5. The predicted octanol–water partition coefficient (Wildman–Crippen LogP) is 2.75. The van der Waals surface area contributed by atoms with Gasteiger partial charge in [-0.2, -0.15) is 5.10 Å². The van der Waals surface area contributed by atoms with Crippen LogP contribution in [0.5, 0.6) is 0 Å². The van der Waals surface area contributed by atoms with E-state index in [0.717, 1.165) is 43.7 Å². The van der Waals surface area contributed by atoms with Gasteiger partial charge in [-0.1, -0.05) is 12.1 Å². The molecule has 1 aromatic carbocycles. The predicted molar refractivity (Wildman–Crippen MR) is 107 cm³/mol. The zero-order valence-electron chi connectivity index (χ0n) is 16.6. The summed E-state index contributed by atoms with van der Waals surface area (Å²) < 4.78 is 7.66. The van der Waals surface area contributed by atoms with Gasteiger partial charge in [0.1, 0.15) is 0 Å². The molecule has 0 saturated carbocycles. The van der Waals surface area contributed by atoms with Crippen LogP contribution in [-0.4, -0.2) is 71.9 Å². The van der Waals surface area contributed by atoms with E-state index in [1.165, 1.54) is 0 Å². The van der Waals surface area contributed by atoms with Gasteiger partial charge in [-0.3, -0.25) is 9.48 Å². The second-order valence-corrected chi connectivity index (χ2v) is 7.35. The maximum Gasteiger partial charge on any atom is 0.254 e. The lowest BCUT2D eigenvalue weighted by molar-refractivity contribution is 0.0512. The number of nitrogens with zero attached hydrogens (tertiary/aromatic N) is 4. The van der Waals surface area contributed by atoms with Crippen LogP contribution in [0.4, 0.5) is 0 Å². The Kier molecular flexibility index (Phi) is 6.63. The van der Waals surface area contributed by atoms with E-state index >= 15 is 0 Å². The summed E-state index contributed by atoms with van der Waals surface area (Å²) in [6.07, 6.45) is 6.13. The number of carbonyl (C=O) groups is 1. The van der Waals surface area contributed by atoms with Gasteiger partial charge in [-0.25, -0.2) is 0 Å². The van der Waals surface area contributed by atoms with E-state index in [0.29, 0.717) is 18.7 Å². The Labute approximate surface area is 161 Å². The number of benzene rings is 1. The molecule has 0 aliphatic carbocycles. The summed E-state index contributed by atoms with van der Waals surface area (Å²) in [7, 11) is 4.06. The Bertz CT molecular complexity index is 750. The van der Waals surface area contributed by atoms with Crippen LogP contribution < -0.4 is 0 Å². The maximum atomic E-state index is 13.2. The fourth-order valence-corrected chi connectivity index (χ4v) is 3.33. The third-order valence-corrected chi connectivity index (χ3v) is 4.95. The molecule has 6 heteroatoms. The number of aromatic nitrogens is 2. The van der Waals surface area contributed by atoms with E-state index in [9.17, 15) is 4.79 Å². The molecule has 146 valence electrons. The van der Waals surface area contributed by atoms with Crippen LogP contribution in [0.15, 0.2) is 36.7 Å². The van der Waals surface area contributed by atoms with E-state index in [1.807, 2.05) is 60.3 Å². The van der Waals surface area contributed by atoms with Gasteiger partial charge in [0.25, 0.3) is 5.91 Å². The average molecular weight is 370 g/mol. The second kappa shape index (κ2) is 9.15. The summed E-state index contributed by atoms with van der Waals surface area (Å²) in [4.78, 5) is 17.3. The summed E-state index contributed by atoms with van der Waals surface area (Å²) in [5, 5.41) is 4.34. The number of carbonyl (C=O) groups excluding carboxylic acids is 1. The van der Waals surface area contributed by atoms with Gasteiger partial charge in [-0.15, -0.1) is 0 Å². The molecule has 0 N–H and O–H groups in total. The molecule has 0 radical (unpaired) electrons. The van der Waals surface area contributed by atoms with Crippen LogP contribution in [0.2, 0.25) is 0 Å². The average Bonchev–Trinajstić information content (AvgIpc) is 3.36. The van der Waals surface area contributed by atoms with Crippen molar-refractivity contribution in [2.24, 2.45) is 0 Å². The van der Waals surface area contributed by atoms with Crippen LogP contribution in [0.1, 0.15) is 30.1 Å². The minimum atomic E-state index is 0.0667. The molecule has 1 aliphatic rings. The SMILES string of the molecule is CCn1cc(-c2cccc(C(=O)N(CCN(C)C)CC3CCCO3)c2)cn1. The molecular weight excluding hydrogens is 340 g/mol. The molecule has 1 saturated heterocycles. The van der Waals surface area contributed by atoms with Gasteiger partial charge < -0.3 is 14.5 Å². The molecule has 0 spiro atoms. The lowest BCUT2D eigenvalue weighted by atomic mass is 10.1. The second-order valence-electron chi connectivity index (χ2n) is 7.35. The molecule has 1 aromatic heterocycles. The molecule has 0 bridgehead atoms. The molecule has 27 heavy (non-hydrogen) atoms. The number of likely N-dealkylation sites (N-methyl/N-ethyl adjacent to an activating group) is 1. The summed E-state index contributed by atoms with van der Waals surface area (Å²) in [5.74, 6) is 0.0667. The smallest absolute Gasteiger partial charge is 0.254 e. The van der Waals surface area contributed by atoms with Crippen molar-refractivity contribution in [1.29, 1.82) is 0 Å². The van der Waals surface area contributed by atoms with Crippen LogP contribution >= 0.6 is 0 Å². The number of ether oxygens (including phenoxy) is 1. The van der Waals surface area contributed by atoms with Gasteiger partial charge in [0.2, 0.25) is 0 Å². The molecule has 2 aromatic rings. The number of rotatable bonds is 8. The number of hydrogen-bond donors (Lipinski definition) is 0. The van der Waals surface area contributed by atoms with Crippen LogP contribution in [0, 0.1) is 0 Å². The molecule has 6 nitrogen and oxygen atoms in total. The maximum absolute atomic E-state index is 13.2. The minimum absolute atomic E-state index is 0.0667. The number of amides is 1. The van der Waals surface area contributed by atoms with Gasteiger partial charge in [0, 0.05) is 50.1 Å². The molecule has 1 fully saturated rings. The van der Waals surface area contributed by atoms with Crippen LogP contribution in [-0.2, 0) is 11.3 Å². The molecule has 1 unspecified atom stereocenters. The Morgan fingerprint density at radius 3 is 2.81 bits per heavy atom. The van der Waals surface area contributed by atoms with E-state index in [4.69, 9.17) is 4.74 Å². The van der Waals surface area contributed by atoms with E-state index in [-0.39, 0.29) is 12.0 Å².